The van der Waals surface area contributed by atoms with Gasteiger partial charge in [-0.15, -0.1) is 0 Å². The average Bonchev–Trinajstić information content (AvgIpc) is 2.27. The average molecular weight is 312 g/mol. The molecular formula is C15H24N2O3S. The molecule has 21 heavy (non-hydrogen) atoms. The van der Waals surface area contributed by atoms with Crippen LogP contribution in [0.15, 0.2) is 16.0 Å². The van der Waals surface area contributed by atoms with Gasteiger partial charge in [-0.2, -0.15) is 0 Å². The van der Waals surface area contributed by atoms with E-state index in [9.17, 15) is 9.59 Å². The number of nitrogens with zero attached hydrogens (tertiary/aromatic N) is 2. The summed E-state index contributed by atoms with van der Waals surface area (Å²) in [7, 11) is 1.65. The van der Waals surface area contributed by atoms with Crippen molar-refractivity contribution >= 4 is 17.7 Å². The van der Waals surface area contributed by atoms with E-state index in [4.69, 9.17) is 4.74 Å². The van der Waals surface area contributed by atoms with Gasteiger partial charge in [0.05, 0.1) is 11.4 Å². The van der Waals surface area contributed by atoms with Gasteiger partial charge in [0.1, 0.15) is 5.60 Å². The molecule has 118 valence electrons. The highest BCUT2D eigenvalue weighted by molar-refractivity contribution is 7.99. The van der Waals surface area contributed by atoms with Crippen molar-refractivity contribution in [2.24, 2.45) is 7.05 Å². The van der Waals surface area contributed by atoms with E-state index in [0.29, 0.717) is 5.16 Å². The minimum absolute atomic E-state index is 0.124. The largest absolute Gasteiger partial charge is 0.459 e. The summed E-state index contributed by atoms with van der Waals surface area (Å²) >= 11 is 1.22. The molecule has 5 nitrogen and oxygen atoms in total. The fourth-order valence-corrected chi connectivity index (χ4v) is 2.28. The van der Waals surface area contributed by atoms with Gasteiger partial charge in [0.2, 0.25) is 0 Å². The van der Waals surface area contributed by atoms with E-state index in [1.54, 1.807) is 7.05 Å². The number of hydrogen-bond donors (Lipinski definition) is 0. The van der Waals surface area contributed by atoms with Gasteiger partial charge in [0, 0.05) is 18.5 Å². The van der Waals surface area contributed by atoms with Gasteiger partial charge < -0.3 is 4.74 Å². The van der Waals surface area contributed by atoms with Gasteiger partial charge in [-0.05, 0) is 20.8 Å². The van der Waals surface area contributed by atoms with E-state index >= 15 is 0 Å². The van der Waals surface area contributed by atoms with Crippen LogP contribution in [-0.4, -0.2) is 26.9 Å². The Morgan fingerprint density at radius 3 is 2.33 bits per heavy atom. The molecule has 1 heterocycles. The molecule has 0 bridgehead atoms. The van der Waals surface area contributed by atoms with E-state index < -0.39 is 5.60 Å². The smallest absolute Gasteiger partial charge is 0.316 e. The summed E-state index contributed by atoms with van der Waals surface area (Å²) in [5.41, 5.74) is -0.127. The van der Waals surface area contributed by atoms with E-state index in [1.807, 2.05) is 41.5 Å². The number of carbonyl (C=O) groups excluding carboxylic acids is 1. The van der Waals surface area contributed by atoms with Crippen molar-refractivity contribution in [3.05, 3.63) is 22.1 Å². The Kier molecular flexibility index (Phi) is 5.25. The molecule has 0 atom stereocenters. The molecule has 0 fully saturated rings. The van der Waals surface area contributed by atoms with Crippen molar-refractivity contribution in [2.45, 2.75) is 57.7 Å². The van der Waals surface area contributed by atoms with Crippen LogP contribution in [0.3, 0.4) is 0 Å². The van der Waals surface area contributed by atoms with Crippen molar-refractivity contribution in [1.82, 2.24) is 9.55 Å². The highest BCUT2D eigenvalue weighted by Crippen LogP contribution is 2.22. The van der Waals surface area contributed by atoms with Crippen molar-refractivity contribution < 1.29 is 9.53 Å². The number of esters is 1. The molecule has 0 aliphatic rings. The highest BCUT2D eigenvalue weighted by atomic mass is 32.2. The SMILES string of the molecule is Cn1c(SCC(=O)OC(C)(C)C)nc(C(C)(C)C)cc1=O. The first kappa shape index (κ1) is 17.8. The van der Waals surface area contributed by atoms with Crippen LogP contribution in [0.1, 0.15) is 47.2 Å². The fraction of sp³-hybridized carbons (Fsp3) is 0.667. The Morgan fingerprint density at radius 2 is 1.86 bits per heavy atom. The van der Waals surface area contributed by atoms with E-state index in [-0.39, 0.29) is 22.7 Å². The first-order valence-electron chi connectivity index (χ1n) is 6.83. The van der Waals surface area contributed by atoms with Crippen LogP contribution in [0.5, 0.6) is 0 Å². The lowest BCUT2D eigenvalue weighted by Crippen LogP contribution is -2.27. The fourth-order valence-electron chi connectivity index (χ4n) is 1.53. The number of rotatable bonds is 3. The van der Waals surface area contributed by atoms with Crippen molar-refractivity contribution in [3.63, 3.8) is 0 Å². The predicted molar refractivity (Wildman–Crippen MR) is 84.7 cm³/mol. The molecule has 0 spiro atoms. The molecule has 0 saturated heterocycles. The predicted octanol–water partition coefficient (Wildman–Crippen LogP) is 2.51. The van der Waals surface area contributed by atoms with Crippen LogP contribution in [0, 0.1) is 0 Å². The highest BCUT2D eigenvalue weighted by Gasteiger charge is 2.20. The summed E-state index contributed by atoms with van der Waals surface area (Å²) in [4.78, 5) is 28.2. The number of ether oxygens (including phenoxy) is 1. The summed E-state index contributed by atoms with van der Waals surface area (Å²) in [5.74, 6) is -0.187. The zero-order valence-corrected chi connectivity index (χ0v) is 14.6. The van der Waals surface area contributed by atoms with Gasteiger partial charge in [-0.3, -0.25) is 14.2 Å². The number of aromatic nitrogens is 2. The molecule has 1 aromatic heterocycles. The Morgan fingerprint density at radius 1 is 1.29 bits per heavy atom. The molecule has 0 saturated carbocycles. The number of hydrogen-bond acceptors (Lipinski definition) is 5. The maximum atomic E-state index is 12.0. The van der Waals surface area contributed by atoms with Crippen LogP contribution in [0.2, 0.25) is 0 Å². The minimum Gasteiger partial charge on any atom is -0.459 e. The molecule has 6 heteroatoms. The molecule has 0 amide bonds. The Bertz CT molecular complexity index is 580. The van der Waals surface area contributed by atoms with Crippen molar-refractivity contribution in [3.8, 4) is 0 Å². The molecule has 0 unspecified atom stereocenters. The van der Waals surface area contributed by atoms with Gasteiger partial charge in [0.15, 0.2) is 5.16 Å². The molecule has 0 aliphatic carbocycles. The third-order valence-corrected chi connectivity index (χ3v) is 3.60. The van der Waals surface area contributed by atoms with Crippen LogP contribution < -0.4 is 5.56 Å². The third kappa shape index (κ3) is 5.53. The summed E-state index contributed by atoms with van der Waals surface area (Å²) in [6, 6.07) is 1.54. The van der Waals surface area contributed by atoms with Crippen LogP contribution in [0.4, 0.5) is 0 Å². The second kappa shape index (κ2) is 6.22. The Labute approximate surface area is 130 Å². The summed E-state index contributed by atoms with van der Waals surface area (Å²) in [5, 5.41) is 0.526. The van der Waals surface area contributed by atoms with Crippen LogP contribution in [0.25, 0.3) is 0 Å². The zero-order chi connectivity index (χ0) is 16.4. The lowest BCUT2D eigenvalue weighted by atomic mass is 9.92. The quantitative estimate of drug-likeness (QED) is 0.487. The van der Waals surface area contributed by atoms with Crippen LogP contribution >= 0.6 is 11.8 Å². The maximum Gasteiger partial charge on any atom is 0.316 e. The van der Waals surface area contributed by atoms with E-state index in [0.717, 1.165) is 5.69 Å². The molecule has 0 aliphatic heterocycles. The van der Waals surface area contributed by atoms with E-state index in [2.05, 4.69) is 4.98 Å². The van der Waals surface area contributed by atoms with Gasteiger partial charge in [-0.25, -0.2) is 4.98 Å². The Hall–Kier alpha value is -1.30. The minimum atomic E-state index is -0.510. The molecular weight excluding hydrogens is 288 g/mol. The first-order chi connectivity index (χ1) is 9.40. The summed E-state index contributed by atoms with van der Waals surface area (Å²) < 4.78 is 6.70. The Balaban J connectivity index is 2.91. The second-order valence-electron chi connectivity index (χ2n) is 6.95. The number of carbonyl (C=O) groups is 1. The molecule has 0 N–H and O–H groups in total. The summed E-state index contributed by atoms with van der Waals surface area (Å²) in [6.45, 7) is 11.5. The van der Waals surface area contributed by atoms with Crippen LogP contribution in [-0.2, 0) is 22.0 Å². The second-order valence-corrected chi connectivity index (χ2v) is 7.89. The van der Waals surface area contributed by atoms with Gasteiger partial charge in [0.25, 0.3) is 5.56 Å². The first-order valence-corrected chi connectivity index (χ1v) is 7.82. The summed E-state index contributed by atoms with van der Waals surface area (Å²) in [6.07, 6.45) is 0. The standard InChI is InChI=1S/C15H24N2O3S/c1-14(2,3)10-8-11(18)17(7)13(16-10)21-9-12(19)20-15(4,5)6/h8H,9H2,1-7H3. The lowest BCUT2D eigenvalue weighted by Gasteiger charge is -2.20. The lowest BCUT2D eigenvalue weighted by molar-refractivity contribution is -0.151. The zero-order valence-electron chi connectivity index (χ0n) is 13.8. The number of thioether (sulfide) groups is 1. The molecule has 0 radical (unpaired) electrons. The van der Waals surface area contributed by atoms with Gasteiger partial charge in [-0.1, -0.05) is 32.5 Å². The molecule has 0 aromatic carbocycles. The van der Waals surface area contributed by atoms with E-state index in [1.165, 1.54) is 22.4 Å². The topological polar surface area (TPSA) is 61.2 Å². The monoisotopic (exact) mass is 312 g/mol. The normalized spacial score (nSPS) is 12.3. The molecule has 1 aromatic rings. The maximum absolute atomic E-state index is 12.0. The van der Waals surface area contributed by atoms with Crippen molar-refractivity contribution in [2.75, 3.05) is 5.75 Å². The molecule has 1 rings (SSSR count). The third-order valence-electron chi connectivity index (χ3n) is 2.60. The van der Waals surface area contributed by atoms with Gasteiger partial charge >= 0.3 is 5.97 Å². The van der Waals surface area contributed by atoms with Crippen molar-refractivity contribution in [1.29, 1.82) is 0 Å².